The summed E-state index contributed by atoms with van der Waals surface area (Å²) in [6.07, 6.45) is 0. The molecule has 1 amide bonds. The van der Waals surface area contributed by atoms with E-state index in [2.05, 4.69) is 5.32 Å². The third-order valence-electron chi connectivity index (χ3n) is 4.88. The number of para-hydroxylation sites is 2. The molecule has 0 aliphatic carbocycles. The first-order chi connectivity index (χ1) is 15.5. The first kappa shape index (κ1) is 21.0. The Labute approximate surface area is 182 Å². The molecule has 0 saturated carbocycles. The summed E-state index contributed by atoms with van der Waals surface area (Å²) in [6.45, 7) is 1.02. The molecule has 0 radical (unpaired) electrons. The second kappa shape index (κ2) is 8.85. The molecule has 6 nitrogen and oxygen atoms in total. The van der Waals surface area contributed by atoms with Crippen LogP contribution in [0.1, 0.15) is 15.9 Å². The monoisotopic (exact) mass is 431 g/mol. The maximum absolute atomic E-state index is 13.7. The van der Waals surface area contributed by atoms with Crippen LogP contribution in [0.25, 0.3) is 22.3 Å². The Kier molecular flexibility index (Phi) is 5.81. The van der Waals surface area contributed by atoms with Crippen molar-refractivity contribution in [1.82, 2.24) is 0 Å². The fourth-order valence-electron chi connectivity index (χ4n) is 3.29. The number of hydrogen-bond acceptors (Lipinski definition) is 5. The van der Waals surface area contributed by atoms with Gasteiger partial charge < -0.3 is 14.5 Å². The normalized spacial score (nSPS) is 10.7. The van der Waals surface area contributed by atoms with Crippen molar-refractivity contribution < 1.29 is 23.1 Å². The number of nitrogens with one attached hydrogen (secondary N) is 1. The van der Waals surface area contributed by atoms with Crippen LogP contribution in [0.3, 0.4) is 0 Å². The minimum absolute atomic E-state index is 0.00970. The van der Waals surface area contributed by atoms with Crippen LogP contribution in [-0.2, 0) is 9.53 Å². The summed E-state index contributed by atoms with van der Waals surface area (Å²) in [4.78, 5) is 37.6. The van der Waals surface area contributed by atoms with Crippen molar-refractivity contribution in [2.45, 2.75) is 6.92 Å². The van der Waals surface area contributed by atoms with Gasteiger partial charge in [0.25, 0.3) is 5.91 Å². The van der Waals surface area contributed by atoms with Crippen LogP contribution in [0.2, 0.25) is 0 Å². The molecule has 0 aliphatic rings. The fourth-order valence-corrected chi connectivity index (χ4v) is 3.29. The molecule has 0 unspecified atom stereocenters. The number of fused-ring (bicyclic) bond motifs is 1. The average Bonchev–Trinajstić information content (AvgIpc) is 2.81. The van der Waals surface area contributed by atoms with Crippen LogP contribution in [-0.4, -0.2) is 18.5 Å². The Bertz CT molecular complexity index is 1380. The third kappa shape index (κ3) is 4.13. The van der Waals surface area contributed by atoms with Crippen molar-refractivity contribution in [2.24, 2.45) is 0 Å². The van der Waals surface area contributed by atoms with Crippen LogP contribution in [0.5, 0.6) is 0 Å². The molecule has 0 spiro atoms. The van der Waals surface area contributed by atoms with Gasteiger partial charge in [-0.25, -0.2) is 9.18 Å². The molecule has 7 heteroatoms. The van der Waals surface area contributed by atoms with E-state index in [1.54, 1.807) is 31.2 Å². The quantitative estimate of drug-likeness (QED) is 0.463. The number of carbonyl (C=O) groups excluding carboxylic acids is 2. The molecule has 1 heterocycles. The predicted octanol–water partition coefficient (Wildman–Crippen LogP) is 4.70. The van der Waals surface area contributed by atoms with Gasteiger partial charge in [-0.1, -0.05) is 48.5 Å². The number of benzene rings is 3. The molecule has 4 aromatic rings. The van der Waals surface area contributed by atoms with E-state index < -0.39 is 24.3 Å². The van der Waals surface area contributed by atoms with Gasteiger partial charge >= 0.3 is 5.97 Å². The number of rotatable bonds is 5. The fraction of sp³-hybridized carbons (Fsp3) is 0.0800. The van der Waals surface area contributed by atoms with Gasteiger partial charge in [0.1, 0.15) is 17.1 Å². The lowest BCUT2D eigenvalue weighted by atomic mass is 10.0. The van der Waals surface area contributed by atoms with Crippen LogP contribution < -0.4 is 10.7 Å². The lowest BCUT2D eigenvalue weighted by Gasteiger charge is -2.11. The Morgan fingerprint density at radius 2 is 1.69 bits per heavy atom. The summed E-state index contributed by atoms with van der Waals surface area (Å²) < 4.78 is 24.7. The van der Waals surface area contributed by atoms with E-state index in [4.69, 9.17) is 9.15 Å². The van der Waals surface area contributed by atoms with E-state index in [-0.39, 0.29) is 27.6 Å². The van der Waals surface area contributed by atoms with Gasteiger partial charge in [0.2, 0.25) is 0 Å². The second-order valence-electron chi connectivity index (χ2n) is 7.04. The molecule has 4 rings (SSSR count). The molecule has 0 fully saturated rings. The van der Waals surface area contributed by atoms with E-state index in [0.717, 1.165) is 0 Å². The number of hydrogen-bond donors (Lipinski definition) is 1. The molecule has 0 bridgehead atoms. The van der Waals surface area contributed by atoms with E-state index in [9.17, 15) is 18.8 Å². The van der Waals surface area contributed by atoms with Gasteiger partial charge in [-0.2, -0.15) is 0 Å². The minimum Gasteiger partial charge on any atom is -0.455 e. The average molecular weight is 431 g/mol. The smallest absolute Gasteiger partial charge is 0.342 e. The van der Waals surface area contributed by atoms with E-state index in [1.165, 1.54) is 30.3 Å². The van der Waals surface area contributed by atoms with Gasteiger partial charge in [-0.3, -0.25) is 9.59 Å². The third-order valence-corrected chi connectivity index (χ3v) is 4.88. The summed E-state index contributed by atoms with van der Waals surface area (Å²) in [5, 5.41) is 2.57. The number of esters is 1. The lowest BCUT2D eigenvalue weighted by Crippen LogP contribution is -2.21. The Morgan fingerprint density at radius 1 is 0.969 bits per heavy atom. The van der Waals surface area contributed by atoms with Crippen molar-refractivity contribution >= 4 is 28.5 Å². The number of carbonyl (C=O) groups is 2. The standard InChI is InChI=1S/C25H18FNO5/c1-15-22(29)17-10-7-11-18(24(17)32-23(15)16-8-3-2-4-9-16)25(30)31-14-21(28)27-20-13-6-5-12-19(20)26/h2-13H,14H2,1H3,(H,27,28). The highest BCUT2D eigenvalue weighted by atomic mass is 19.1. The predicted molar refractivity (Wildman–Crippen MR) is 118 cm³/mol. The van der Waals surface area contributed by atoms with E-state index in [0.29, 0.717) is 16.9 Å². The summed E-state index contributed by atoms with van der Waals surface area (Å²) in [7, 11) is 0. The molecular weight excluding hydrogens is 413 g/mol. The van der Waals surface area contributed by atoms with Gasteiger partial charge in [0, 0.05) is 11.1 Å². The van der Waals surface area contributed by atoms with Gasteiger partial charge in [-0.15, -0.1) is 0 Å². The van der Waals surface area contributed by atoms with Crippen molar-refractivity contribution in [3.8, 4) is 11.3 Å². The largest absolute Gasteiger partial charge is 0.455 e. The molecule has 0 aliphatic heterocycles. The first-order valence-electron chi connectivity index (χ1n) is 9.79. The van der Waals surface area contributed by atoms with Crippen molar-refractivity contribution in [3.05, 3.63) is 100.0 Å². The zero-order valence-electron chi connectivity index (χ0n) is 17.1. The Morgan fingerprint density at radius 3 is 2.44 bits per heavy atom. The highest BCUT2D eigenvalue weighted by Crippen LogP contribution is 2.27. The highest BCUT2D eigenvalue weighted by molar-refractivity contribution is 6.03. The topological polar surface area (TPSA) is 85.6 Å². The number of amides is 1. The Balaban J connectivity index is 1.62. The maximum Gasteiger partial charge on any atom is 0.342 e. The number of anilines is 1. The zero-order chi connectivity index (χ0) is 22.7. The van der Waals surface area contributed by atoms with Crippen LogP contribution in [0.15, 0.2) is 82.0 Å². The van der Waals surface area contributed by atoms with Crippen LogP contribution in [0, 0.1) is 12.7 Å². The van der Waals surface area contributed by atoms with Crippen molar-refractivity contribution in [3.63, 3.8) is 0 Å². The van der Waals surface area contributed by atoms with E-state index in [1.807, 2.05) is 18.2 Å². The summed E-state index contributed by atoms with van der Waals surface area (Å²) >= 11 is 0. The molecule has 3 aromatic carbocycles. The van der Waals surface area contributed by atoms with Gasteiger partial charge in [-0.05, 0) is 31.2 Å². The summed E-state index contributed by atoms with van der Waals surface area (Å²) in [6, 6.07) is 19.3. The highest BCUT2D eigenvalue weighted by Gasteiger charge is 2.20. The summed E-state index contributed by atoms with van der Waals surface area (Å²) in [5.41, 5.74) is 0.900. The minimum atomic E-state index is -0.842. The van der Waals surface area contributed by atoms with E-state index >= 15 is 0 Å². The molecule has 1 N–H and O–H groups in total. The molecular formula is C25H18FNO5. The summed E-state index contributed by atoms with van der Waals surface area (Å²) in [5.74, 6) is -1.80. The molecule has 32 heavy (non-hydrogen) atoms. The van der Waals surface area contributed by atoms with Crippen LogP contribution >= 0.6 is 0 Å². The number of ether oxygens (including phenoxy) is 1. The molecule has 1 aromatic heterocycles. The van der Waals surface area contributed by atoms with Gasteiger partial charge in [0.05, 0.1) is 11.1 Å². The van der Waals surface area contributed by atoms with Gasteiger partial charge in [0.15, 0.2) is 17.6 Å². The zero-order valence-corrected chi connectivity index (χ0v) is 17.1. The van der Waals surface area contributed by atoms with Crippen molar-refractivity contribution in [1.29, 1.82) is 0 Å². The molecule has 0 atom stereocenters. The first-order valence-corrected chi connectivity index (χ1v) is 9.79. The maximum atomic E-state index is 13.7. The Hall–Kier alpha value is -4.26. The number of halogens is 1. The van der Waals surface area contributed by atoms with Crippen LogP contribution in [0.4, 0.5) is 10.1 Å². The SMILES string of the molecule is Cc1c(-c2ccccc2)oc2c(C(=O)OCC(=O)Nc3ccccc3F)cccc2c1=O. The second-order valence-corrected chi connectivity index (χ2v) is 7.04. The lowest BCUT2D eigenvalue weighted by molar-refractivity contribution is -0.119. The molecule has 160 valence electrons. The van der Waals surface area contributed by atoms with Crippen molar-refractivity contribution in [2.75, 3.05) is 11.9 Å². The molecule has 0 saturated heterocycles.